The van der Waals surface area contributed by atoms with E-state index >= 15 is 0 Å². The van der Waals surface area contributed by atoms with Gasteiger partial charge in [-0.2, -0.15) is 0 Å². The minimum atomic E-state index is 0. The van der Waals surface area contributed by atoms with E-state index in [4.69, 9.17) is 4.74 Å². The number of hydrogen-bond acceptors (Lipinski definition) is 3. The number of aryl methyl sites for hydroxylation is 1. The topological polar surface area (TPSA) is 49.8 Å². The minimum Gasteiger partial charge on any atom is -0.378 e. The Bertz CT molecular complexity index is 540. The van der Waals surface area contributed by atoms with Crippen LogP contribution in [0.4, 0.5) is 0 Å². The number of guanidine groups is 1. The lowest BCUT2D eigenvalue weighted by Crippen LogP contribution is -2.46. The number of nitrogens with one attached hydrogen (secondary N) is 1. The minimum absolute atomic E-state index is 0. The molecule has 1 aromatic rings. The van der Waals surface area contributed by atoms with Gasteiger partial charge in [0.25, 0.3) is 0 Å². The van der Waals surface area contributed by atoms with Gasteiger partial charge in [-0.3, -0.25) is 9.98 Å². The lowest BCUT2D eigenvalue weighted by molar-refractivity contribution is 0.0131. The quantitative estimate of drug-likeness (QED) is 0.431. The molecular formula is C18H29IN4O. The first kappa shape index (κ1) is 19.4. The molecule has 0 radical (unpaired) electrons. The number of likely N-dealkylation sites (tertiary alicyclic amines) is 1. The van der Waals surface area contributed by atoms with E-state index in [-0.39, 0.29) is 24.0 Å². The fraction of sp³-hybridized carbons (Fsp3) is 0.667. The molecule has 1 aliphatic heterocycles. The van der Waals surface area contributed by atoms with Crippen molar-refractivity contribution in [2.45, 2.75) is 45.3 Å². The summed E-state index contributed by atoms with van der Waals surface area (Å²) >= 11 is 0. The van der Waals surface area contributed by atoms with E-state index in [1.807, 2.05) is 19.3 Å². The highest BCUT2D eigenvalue weighted by molar-refractivity contribution is 14.0. The van der Waals surface area contributed by atoms with Gasteiger partial charge in [0.1, 0.15) is 0 Å². The molecule has 5 nitrogen and oxygen atoms in total. The molecule has 2 fully saturated rings. The fourth-order valence-corrected chi connectivity index (χ4v) is 2.99. The first-order chi connectivity index (χ1) is 11.3. The fourth-order valence-electron chi connectivity index (χ4n) is 2.99. The third-order valence-electron chi connectivity index (χ3n) is 4.75. The molecule has 1 saturated carbocycles. The van der Waals surface area contributed by atoms with Crippen molar-refractivity contribution in [3.8, 4) is 0 Å². The largest absolute Gasteiger partial charge is 0.378 e. The molecule has 0 unspecified atom stereocenters. The lowest BCUT2D eigenvalue weighted by Gasteiger charge is -2.34. The highest BCUT2D eigenvalue weighted by Gasteiger charge is 2.26. The van der Waals surface area contributed by atoms with Gasteiger partial charge in [-0.25, -0.2) is 0 Å². The molecule has 6 heteroatoms. The summed E-state index contributed by atoms with van der Waals surface area (Å²) in [5.74, 6) is 1.82. The zero-order valence-electron chi connectivity index (χ0n) is 14.7. The predicted molar refractivity (Wildman–Crippen MR) is 108 cm³/mol. The number of halogens is 1. The Hall–Kier alpha value is -0.890. The van der Waals surface area contributed by atoms with Crippen LogP contribution in [0.5, 0.6) is 0 Å². The Morgan fingerprint density at radius 2 is 2.08 bits per heavy atom. The number of nitrogens with zero attached hydrogens (tertiary/aromatic N) is 3. The van der Waals surface area contributed by atoms with Gasteiger partial charge >= 0.3 is 0 Å². The summed E-state index contributed by atoms with van der Waals surface area (Å²) < 4.78 is 6.02. The molecule has 0 spiro atoms. The maximum Gasteiger partial charge on any atom is 0.193 e. The molecule has 1 aliphatic carbocycles. The van der Waals surface area contributed by atoms with Crippen LogP contribution >= 0.6 is 24.0 Å². The van der Waals surface area contributed by atoms with Crippen molar-refractivity contribution in [1.82, 2.24) is 15.2 Å². The summed E-state index contributed by atoms with van der Waals surface area (Å²) in [6.07, 6.45) is 7.19. The summed E-state index contributed by atoms with van der Waals surface area (Å²) in [6, 6.07) is 4.07. The van der Waals surface area contributed by atoms with E-state index in [0.717, 1.165) is 56.7 Å². The average molecular weight is 444 g/mol. The van der Waals surface area contributed by atoms with Gasteiger partial charge in [0.15, 0.2) is 5.96 Å². The third kappa shape index (κ3) is 5.58. The number of pyridine rings is 1. The molecular weight excluding hydrogens is 415 g/mol. The first-order valence-electron chi connectivity index (χ1n) is 8.74. The molecule has 0 atom stereocenters. The number of piperidine rings is 1. The lowest BCUT2D eigenvalue weighted by atomic mass is 10.1. The molecule has 1 N–H and O–H groups in total. The second-order valence-electron chi connectivity index (χ2n) is 6.63. The summed E-state index contributed by atoms with van der Waals surface area (Å²) in [7, 11) is 1.85. The van der Waals surface area contributed by atoms with E-state index in [9.17, 15) is 0 Å². The Labute approximate surface area is 162 Å². The van der Waals surface area contributed by atoms with Crippen LogP contribution in [0.15, 0.2) is 23.3 Å². The normalized spacial score (nSPS) is 19.1. The van der Waals surface area contributed by atoms with Crippen molar-refractivity contribution < 1.29 is 4.74 Å². The highest BCUT2D eigenvalue weighted by Crippen LogP contribution is 2.30. The van der Waals surface area contributed by atoms with Gasteiger partial charge in [-0.05, 0) is 50.2 Å². The summed E-state index contributed by atoms with van der Waals surface area (Å²) in [5, 5.41) is 3.44. The highest BCUT2D eigenvalue weighted by atomic mass is 127. The predicted octanol–water partition coefficient (Wildman–Crippen LogP) is 2.97. The molecule has 1 aromatic heterocycles. The zero-order chi connectivity index (χ0) is 16.1. The number of hydrogen-bond donors (Lipinski definition) is 1. The van der Waals surface area contributed by atoms with Gasteiger partial charge in [-0.15, -0.1) is 24.0 Å². The molecule has 2 heterocycles. The van der Waals surface area contributed by atoms with Crippen molar-refractivity contribution in [3.05, 3.63) is 29.6 Å². The Kier molecular flexibility index (Phi) is 7.74. The van der Waals surface area contributed by atoms with Crippen LogP contribution in [0.25, 0.3) is 0 Å². The molecule has 1 saturated heterocycles. The van der Waals surface area contributed by atoms with Crippen LogP contribution in [-0.4, -0.2) is 48.7 Å². The van der Waals surface area contributed by atoms with Crippen LogP contribution in [0.2, 0.25) is 0 Å². The van der Waals surface area contributed by atoms with E-state index in [1.165, 1.54) is 18.4 Å². The first-order valence-corrected chi connectivity index (χ1v) is 8.74. The van der Waals surface area contributed by atoms with Crippen molar-refractivity contribution in [1.29, 1.82) is 0 Å². The Morgan fingerprint density at radius 1 is 1.33 bits per heavy atom. The molecule has 0 aromatic carbocycles. The second kappa shape index (κ2) is 9.56. The van der Waals surface area contributed by atoms with Crippen LogP contribution in [-0.2, 0) is 11.3 Å². The van der Waals surface area contributed by atoms with Gasteiger partial charge in [0.2, 0.25) is 0 Å². The zero-order valence-corrected chi connectivity index (χ0v) is 17.0. The van der Waals surface area contributed by atoms with Crippen LogP contribution < -0.4 is 5.32 Å². The molecule has 134 valence electrons. The van der Waals surface area contributed by atoms with E-state index < -0.39 is 0 Å². The number of aromatic nitrogens is 1. The van der Waals surface area contributed by atoms with Gasteiger partial charge in [0, 0.05) is 32.9 Å². The molecule has 24 heavy (non-hydrogen) atoms. The SMILES string of the molecule is CN=C(NCc1ncccc1C)N1CCC(OCC2CC2)CC1.I. The molecule has 0 amide bonds. The Balaban J connectivity index is 0.00000208. The van der Waals surface area contributed by atoms with Crippen molar-refractivity contribution in [2.24, 2.45) is 10.9 Å². The van der Waals surface area contributed by atoms with Crippen molar-refractivity contribution >= 4 is 29.9 Å². The van der Waals surface area contributed by atoms with E-state index in [1.54, 1.807) is 0 Å². The van der Waals surface area contributed by atoms with Gasteiger partial charge in [0.05, 0.1) is 18.3 Å². The number of rotatable bonds is 5. The summed E-state index contributed by atoms with van der Waals surface area (Å²) in [6.45, 7) is 5.80. The van der Waals surface area contributed by atoms with Gasteiger partial charge in [-0.1, -0.05) is 6.07 Å². The molecule has 2 aliphatic rings. The molecule has 0 bridgehead atoms. The standard InChI is InChI=1S/C18H28N4O.HI/c1-14-4-3-9-20-17(14)12-21-18(19-2)22-10-7-16(8-11-22)23-13-15-5-6-15;/h3-4,9,15-16H,5-8,10-13H2,1-2H3,(H,19,21);1H. The Morgan fingerprint density at radius 3 is 2.71 bits per heavy atom. The second-order valence-corrected chi connectivity index (χ2v) is 6.63. The van der Waals surface area contributed by atoms with Crippen LogP contribution in [0.3, 0.4) is 0 Å². The molecule has 3 rings (SSSR count). The van der Waals surface area contributed by atoms with E-state index in [2.05, 4.69) is 33.2 Å². The maximum absolute atomic E-state index is 6.02. The summed E-state index contributed by atoms with van der Waals surface area (Å²) in [4.78, 5) is 11.2. The smallest absolute Gasteiger partial charge is 0.193 e. The number of ether oxygens (including phenoxy) is 1. The van der Waals surface area contributed by atoms with Crippen molar-refractivity contribution in [3.63, 3.8) is 0 Å². The van der Waals surface area contributed by atoms with Crippen LogP contribution in [0, 0.1) is 12.8 Å². The van der Waals surface area contributed by atoms with E-state index in [0.29, 0.717) is 6.10 Å². The van der Waals surface area contributed by atoms with Crippen LogP contribution in [0.1, 0.15) is 36.9 Å². The average Bonchev–Trinajstić information content (AvgIpc) is 3.40. The third-order valence-corrected chi connectivity index (χ3v) is 4.75. The maximum atomic E-state index is 6.02. The number of aliphatic imine (C=N–C) groups is 1. The van der Waals surface area contributed by atoms with Gasteiger partial charge < -0.3 is 15.0 Å². The monoisotopic (exact) mass is 444 g/mol. The van der Waals surface area contributed by atoms with Crippen molar-refractivity contribution in [2.75, 3.05) is 26.7 Å². The summed E-state index contributed by atoms with van der Waals surface area (Å²) in [5.41, 5.74) is 2.29.